The van der Waals surface area contributed by atoms with Crippen molar-refractivity contribution < 1.29 is 9.53 Å². The Labute approximate surface area is 189 Å². The maximum Gasteiger partial charge on any atom is 0.266 e. The van der Waals surface area contributed by atoms with E-state index in [0.717, 1.165) is 5.56 Å². The molecule has 0 heterocycles. The molecule has 30 heavy (non-hydrogen) atoms. The molecule has 1 N–H and O–H groups in total. The summed E-state index contributed by atoms with van der Waals surface area (Å²) in [4.78, 5) is 12.4. The number of benzene rings is 3. The van der Waals surface area contributed by atoms with Crippen molar-refractivity contribution in [1.29, 1.82) is 5.26 Å². The lowest BCUT2D eigenvalue weighted by Gasteiger charge is -2.09. The van der Waals surface area contributed by atoms with Crippen LogP contribution in [0, 0.1) is 11.3 Å². The van der Waals surface area contributed by atoms with E-state index in [9.17, 15) is 10.1 Å². The molecule has 7 heteroatoms. The monoisotopic (exact) mass is 456 g/mol. The summed E-state index contributed by atoms with van der Waals surface area (Å²) in [5.74, 6) is 0.0429. The summed E-state index contributed by atoms with van der Waals surface area (Å²) in [6.07, 6.45) is 1.49. The zero-order valence-electron chi connectivity index (χ0n) is 15.5. The largest absolute Gasteiger partial charge is 0.489 e. The summed E-state index contributed by atoms with van der Waals surface area (Å²) in [5, 5.41) is 13.6. The first-order chi connectivity index (χ1) is 14.4. The topological polar surface area (TPSA) is 62.1 Å². The molecule has 0 unspecified atom stereocenters. The molecule has 0 saturated heterocycles. The van der Waals surface area contributed by atoms with Gasteiger partial charge in [-0.25, -0.2) is 0 Å². The highest BCUT2D eigenvalue weighted by Crippen LogP contribution is 2.24. The Bertz CT molecular complexity index is 1150. The molecule has 0 aliphatic carbocycles. The van der Waals surface area contributed by atoms with E-state index in [0.29, 0.717) is 32.1 Å². The summed E-state index contributed by atoms with van der Waals surface area (Å²) in [7, 11) is 0. The highest BCUT2D eigenvalue weighted by atomic mass is 35.5. The summed E-state index contributed by atoms with van der Waals surface area (Å²) in [6, 6.07) is 20.9. The molecule has 3 aromatic rings. The van der Waals surface area contributed by atoms with Crippen LogP contribution >= 0.6 is 34.8 Å². The first-order valence-electron chi connectivity index (χ1n) is 8.80. The maximum atomic E-state index is 12.4. The standard InChI is InChI=1S/C23H15Cl3N2O2/c24-18-4-2-5-20(11-18)28-23(29)17(13-27)9-15-3-1-6-21(10-15)30-14-16-7-8-19(25)12-22(16)26/h1-12H,14H2,(H,28,29)/b17-9-. The Kier molecular flexibility index (Phi) is 7.37. The van der Waals surface area contributed by atoms with Crippen LogP contribution in [0.3, 0.4) is 0 Å². The number of amides is 1. The van der Waals surface area contributed by atoms with Crippen LogP contribution in [0.15, 0.2) is 72.3 Å². The zero-order valence-corrected chi connectivity index (χ0v) is 17.8. The van der Waals surface area contributed by atoms with Crippen LogP contribution in [0.4, 0.5) is 5.69 Å². The molecular weight excluding hydrogens is 443 g/mol. The second-order valence-electron chi connectivity index (χ2n) is 6.23. The van der Waals surface area contributed by atoms with Gasteiger partial charge < -0.3 is 10.1 Å². The van der Waals surface area contributed by atoms with Crippen molar-refractivity contribution in [2.24, 2.45) is 0 Å². The number of nitriles is 1. The molecule has 0 bridgehead atoms. The number of hydrogen-bond donors (Lipinski definition) is 1. The third kappa shape index (κ3) is 6.01. The number of nitrogens with zero attached hydrogens (tertiary/aromatic N) is 1. The lowest BCUT2D eigenvalue weighted by molar-refractivity contribution is -0.112. The molecule has 0 atom stereocenters. The third-order valence-corrected chi connectivity index (χ3v) is 4.85. The van der Waals surface area contributed by atoms with Gasteiger partial charge in [-0.05, 0) is 54.1 Å². The summed E-state index contributed by atoms with van der Waals surface area (Å²) < 4.78 is 5.78. The second kappa shape index (κ2) is 10.2. The van der Waals surface area contributed by atoms with E-state index in [1.165, 1.54) is 6.08 Å². The van der Waals surface area contributed by atoms with E-state index in [1.807, 2.05) is 6.07 Å². The van der Waals surface area contributed by atoms with Crippen molar-refractivity contribution in [3.05, 3.63) is 98.5 Å². The van der Waals surface area contributed by atoms with Crippen LogP contribution in [0.2, 0.25) is 15.1 Å². The van der Waals surface area contributed by atoms with Crippen molar-refractivity contribution in [2.45, 2.75) is 6.61 Å². The highest BCUT2D eigenvalue weighted by molar-refractivity contribution is 6.35. The van der Waals surface area contributed by atoms with Gasteiger partial charge in [0.1, 0.15) is 24.0 Å². The first-order valence-corrected chi connectivity index (χ1v) is 9.93. The molecule has 0 aromatic heterocycles. The Hall–Kier alpha value is -2.97. The average Bonchev–Trinajstić information content (AvgIpc) is 2.71. The fourth-order valence-corrected chi connectivity index (χ4v) is 3.23. The lowest BCUT2D eigenvalue weighted by atomic mass is 10.1. The smallest absolute Gasteiger partial charge is 0.266 e. The Morgan fingerprint density at radius 2 is 1.77 bits per heavy atom. The number of anilines is 1. The summed E-state index contributed by atoms with van der Waals surface area (Å²) in [5.41, 5.74) is 1.89. The molecule has 150 valence electrons. The normalized spacial score (nSPS) is 10.9. The van der Waals surface area contributed by atoms with Gasteiger partial charge in [0.2, 0.25) is 0 Å². The van der Waals surface area contributed by atoms with E-state index in [4.69, 9.17) is 39.5 Å². The average molecular weight is 458 g/mol. The maximum absolute atomic E-state index is 12.4. The quantitative estimate of drug-likeness (QED) is 0.328. The fourth-order valence-electron chi connectivity index (χ4n) is 2.57. The molecule has 0 aliphatic rings. The molecule has 0 radical (unpaired) electrons. The lowest BCUT2D eigenvalue weighted by Crippen LogP contribution is -2.13. The van der Waals surface area contributed by atoms with E-state index in [1.54, 1.807) is 66.7 Å². The fraction of sp³-hybridized carbons (Fsp3) is 0.0435. The van der Waals surface area contributed by atoms with E-state index < -0.39 is 5.91 Å². The van der Waals surface area contributed by atoms with Crippen LogP contribution in [-0.2, 0) is 11.4 Å². The summed E-state index contributed by atoms with van der Waals surface area (Å²) in [6.45, 7) is 0.254. The first kappa shape index (κ1) is 21.7. The molecule has 0 saturated carbocycles. The SMILES string of the molecule is N#C/C(=C/c1cccc(OCc2ccc(Cl)cc2Cl)c1)C(=O)Nc1cccc(Cl)c1. The minimum Gasteiger partial charge on any atom is -0.489 e. The van der Waals surface area contributed by atoms with Crippen molar-refractivity contribution in [1.82, 2.24) is 0 Å². The van der Waals surface area contributed by atoms with Crippen molar-refractivity contribution in [3.63, 3.8) is 0 Å². The Balaban J connectivity index is 1.72. The van der Waals surface area contributed by atoms with Crippen LogP contribution in [0.25, 0.3) is 6.08 Å². The van der Waals surface area contributed by atoms with Gasteiger partial charge in [-0.2, -0.15) is 5.26 Å². The minimum absolute atomic E-state index is 0.0483. The minimum atomic E-state index is -0.529. The molecule has 1 amide bonds. The summed E-state index contributed by atoms with van der Waals surface area (Å²) >= 11 is 18.0. The number of halogens is 3. The van der Waals surface area contributed by atoms with Crippen LogP contribution < -0.4 is 10.1 Å². The third-order valence-electron chi connectivity index (χ3n) is 4.03. The number of ether oxygens (including phenoxy) is 1. The van der Waals surface area contributed by atoms with Gasteiger partial charge in [-0.1, -0.05) is 59.1 Å². The number of hydrogen-bond acceptors (Lipinski definition) is 3. The highest BCUT2D eigenvalue weighted by Gasteiger charge is 2.10. The van der Waals surface area contributed by atoms with Gasteiger partial charge >= 0.3 is 0 Å². The van der Waals surface area contributed by atoms with E-state index >= 15 is 0 Å². The molecule has 4 nitrogen and oxygen atoms in total. The molecular formula is C23H15Cl3N2O2. The van der Waals surface area contributed by atoms with Gasteiger partial charge in [0.05, 0.1) is 0 Å². The predicted molar refractivity (Wildman–Crippen MR) is 121 cm³/mol. The number of carbonyl (C=O) groups is 1. The molecule has 0 fully saturated rings. The van der Waals surface area contributed by atoms with Crippen LogP contribution in [-0.4, -0.2) is 5.91 Å². The van der Waals surface area contributed by atoms with Crippen LogP contribution in [0.5, 0.6) is 5.75 Å². The Morgan fingerprint density at radius 3 is 2.50 bits per heavy atom. The number of carbonyl (C=O) groups excluding carboxylic acids is 1. The second-order valence-corrected chi connectivity index (χ2v) is 7.51. The van der Waals surface area contributed by atoms with E-state index in [2.05, 4.69) is 5.32 Å². The predicted octanol–water partition coefficient (Wildman–Crippen LogP) is 6.77. The van der Waals surface area contributed by atoms with Gasteiger partial charge in [-0.3, -0.25) is 4.79 Å². The van der Waals surface area contributed by atoms with Gasteiger partial charge in [-0.15, -0.1) is 0 Å². The van der Waals surface area contributed by atoms with Gasteiger partial charge in [0, 0.05) is 26.3 Å². The van der Waals surface area contributed by atoms with Crippen molar-refractivity contribution in [3.8, 4) is 11.8 Å². The molecule has 0 aliphatic heterocycles. The van der Waals surface area contributed by atoms with Gasteiger partial charge in [0.15, 0.2) is 0 Å². The molecule has 0 spiro atoms. The van der Waals surface area contributed by atoms with Crippen molar-refractivity contribution >= 4 is 52.5 Å². The van der Waals surface area contributed by atoms with E-state index in [-0.39, 0.29) is 12.2 Å². The number of rotatable bonds is 6. The Morgan fingerprint density at radius 1 is 1.00 bits per heavy atom. The number of nitrogens with one attached hydrogen (secondary N) is 1. The molecule has 3 aromatic carbocycles. The van der Waals surface area contributed by atoms with Gasteiger partial charge in [0.25, 0.3) is 5.91 Å². The molecule has 3 rings (SSSR count). The zero-order chi connectivity index (χ0) is 21.5. The van der Waals surface area contributed by atoms with Crippen molar-refractivity contribution in [2.75, 3.05) is 5.32 Å². The van der Waals surface area contributed by atoms with Crippen LogP contribution in [0.1, 0.15) is 11.1 Å².